The van der Waals surface area contributed by atoms with Crippen LogP contribution in [0.15, 0.2) is 42.5 Å². The van der Waals surface area contributed by atoms with Crippen molar-refractivity contribution >= 4 is 0 Å². The van der Waals surface area contributed by atoms with Crippen LogP contribution in [-0.2, 0) is 5.41 Å². The van der Waals surface area contributed by atoms with Crippen LogP contribution in [-0.4, -0.2) is 0 Å². The normalized spacial score (nSPS) is 25.7. The Morgan fingerprint density at radius 3 is 2.25 bits per heavy atom. The van der Waals surface area contributed by atoms with Gasteiger partial charge in [0, 0.05) is 0 Å². The molecule has 0 aromatic heterocycles. The molecule has 0 saturated carbocycles. The SMILES string of the molecule is C[C@H]1C=C[C@@H](C(C)(C)c2ccccc2)CC1. The van der Waals surface area contributed by atoms with Gasteiger partial charge in [-0.25, -0.2) is 0 Å². The van der Waals surface area contributed by atoms with E-state index in [4.69, 9.17) is 0 Å². The Balaban J connectivity index is 2.23. The molecule has 0 heteroatoms. The van der Waals surface area contributed by atoms with Crippen LogP contribution < -0.4 is 0 Å². The van der Waals surface area contributed by atoms with Gasteiger partial charge in [-0.3, -0.25) is 0 Å². The number of rotatable bonds is 2. The van der Waals surface area contributed by atoms with Gasteiger partial charge >= 0.3 is 0 Å². The van der Waals surface area contributed by atoms with Gasteiger partial charge in [0.25, 0.3) is 0 Å². The molecule has 0 bridgehead atoms. The van der Waals surface area contributed by atoms with Crippen LogP contribution in [0.3, 0.4) is 0 Å². The molecule has 0 unspecified atom stereocenters. The van der Waals surface area contributed by atoms with Crippen molar-refractivity contribution in [3.05, 3.63) is 48.0 Å². The quantitative estimate of drug-likeness (QED) is 0.633. The Hall–Kier alpha value is -1.04. The summed E-state index contributed by atoms with van der Waals surface area (Å²) in [4.78, 5) is 0. The lowest BCUT2D eigenvalue weighted by molar-refractivity contribution is 0.326. The lowest BCUT2D eigenvalue weighted by atomic mass is 9.69. The monoisotopic (exact) mass is 214 g/mol. The molecule has 0 N–H and O–H groups in total. The molecule has 2 rings (SSSR count). The van der Waals surface area contributed by atoms with Crippen molar-refractivity contribution in [1.82, 2.24) is 0 Å². The molecule has 1 aliphatic carbocycles. The van der Waals surface area contributed by atoms with Crippen molar-refractivity contribution in [1.29, 1.82) is 0 Å². The Bertz CT molecular complexity index is 359. The maximum Gasteiger partial charge on any atom is -0.00408 e. The first kappa shape index (κ1) is 11.4. The van der Waals surface area contributed by atoms with E-state index >= 15 is 0 Å². The predicted molar refractivity (Wildman–Crippen MR) is 70.5 cm³/mol. The summed E-state index contributed by atoms with van der Waals surface area (Å²) in [6.45, 7) is 7.04. The molecule has 0 radical (unpaired) electrons. The number of hydrogen-bond donors (Lipinski definition) is 0. The first-order chi connectivity index (χ1) is 7.60. The average molecular weight is 214 g/mol. The largest absolute Gasteiger partial charge is 0.0854 e. The predicted octanol–water partition coefficient (Wildman–Crippen LogP) is 4.57. The molecule has 0 nitrogen and oxygen atoms in total. The summed E-state index contributed by atoms with van der Waals surface area (Å²) in [5.74, 6) is 1.45. The van der Waals surface area contributed by atoms with Crippen molar-refractivity contribution in [2.75, 3.05) is 0 Å². The Kier molecular flexibility index (Phi) is 3.18. The van der Waals surface area contributed by atoms with E-state index in [1.54, 1.807) is 0 Å². The fraction of sp³-hybridized carbons (Fsp3) is 0.500. The van der Waals surface area contributed by atoms with E-state index in [1.165, 1.54) is 18.4 Å². The molecular formula is C16H22. The molecular weight excluding hydrogens is 192 g/mol. The lowest BCUT2D eigenvalue weighted by Crippen LogP contribution is -2.29. The second kappa shape index (κ2) is 4.45. The molecule has 86 valence electrons. The zero-order valence-corrected chi connectivity index (χ0v) is 10.6. The summed E-state index contributed by atoms with van der Waals surface area (Å²) >= 11 is 0. The Morgan fingerprint density at radius 2 is 1.69 bits per heavy atom. The third-order valence-electron chi connectivity index (χ3n) is 4.05. The highest BCUT2D eigenvalue weighted by Gasteiger charge is 2.30. The van der Waals surface area contributed by atoms with Crippen molar-refractivity contribution in [3.63, 3.8) is 0 Å². The van der Waals surface area contributed by atoms with Crippen molar-refractivity contribution in [2.45, 2.75) is 39.0 Å². The van der Waals surface area contributed by atoms with Crippen molar-refractivity contribution in [3.8, 4) is 0 Å². The van der Waals surface area contributed by atoms with Gasteiger partial charge in [0.15, 0.2) is 0 Å². The van der Waals surface area contributed by atoms with E-state index in [0.717, 1.165) is 5.92 Å². The molecule has 16 heavy (non-hydrogen) atoms. The molecule has 1 aliphatic rings. The van der Waals surface area contributed by atoms with Crippen LogP contribution in [0.1, 0.15) is 39.2 Å². The second-order valence-corrected chi connectivity index (χ2v) is 5.63. The Morgan fingerprint density at radius 1 is 1.00 bits per heavy atom. The fourth-order valence-corrected chi connectivity index (χ4v) is 2.64. The zero-order chi connectivity index (χ0) is 11.6. The Labute approximate surface area is 99.4 Å². The minimum atomic E-state index is 0.262. The van der Waals surface area contributed by atoms with Crippen LogP contribution in [0.2, 0.25) is 0 Å². The highest BCUT2D eigenvalue weighted by molar-refractivity contribution is 5.26. The van der Waals surface area contributed by atoms with Gasteiger partial charge in [-0.05, 0) is 35.7 Å². The fourth-order valence-electron chi connectivity index (χ4n) is 2.64. The minimum absolute atomic E-state index is 0.262. The first-order valence-corrected chi connectivity index (χ1v) is 6.34. The molecule has 0 fully saturated rings. The molecule has 0 aliphatic heterocycles. The third kappa shape index (κ3) is 2.21. The summed E-state index contributed by atoms with van der Waals surface area (Å²) in [5, 5.41) is 0. The third-order valence-corrected chi connectivity index (χ3v) is 4.05. The molecule has 0 spiro atoms. The second-order valence-electron chi connectivity index (χ2n) is 5.63. The topological polar surface area (TPSA) is 0 Å². The van der Waals surface area contributed by atoms with Gasteiger partial charge in [0.2, 0.25) is 0 Å². The number of benzene rings is 1. The molecule has 1 aromatic carbocycles. The van der Waals surface area contributed by atoms with Gasteiger partial charge in [-0.1, -0.05) is 63.3 Å². The van der Waals surface area contributed by atoms with Gasteiger partial charge in [0.05, 0.1) is 0 Å². The minimum Gasteiger partial charge on any atom is -0.0854 e. The van der Waals surface area contributed by atoms with E-state index in [9.17, 15) is 0 Å². The summed E-state index contributed by atoms with van der Waals surface area (Å²) in [5.41, 5.74) is 1.72. The summed E-state index contributed by atoms with van der Waals surface area (Å²) in [6, 6.07) is 10.9. The maximum atomic E-state index is 2.43. The standard InChI is InChI=1S/C16H22/c1-13-9-11-15(12-10-13)16(2,3)14-7-5-4-6-8-14/h4-9,11,13,15H,10,12H2,1-3H3/t13-,15+/m0/s1. The molecule has 2 atom stereocenters. The van der Waals surface area contributed by atoms with Crippen molar-refractivity contribution in [2.24, 2.45) is 11.8 Å². The van der Waals surface area contributed by atoms with Gasteiger partial charge < -0.3 is 0 Å². The van der Waals surface area contributed by atoms with E-state index in [1.807, 2.05) is 0 Å². The van der Waals surface area contributed by atoms with Gasteiger partial charge in [-0.2, -0.15) is 0 Å². The highest BCUT2D eigenvalue weighted by Crippen LogP contribution is 2.38. The number of hydrogen-bond acceptors (Lipinski definition) is 0. The maximum absolute atomic E-state index is 2.43. The molecule has 0 saturated heterocycles. The van der Waals surface area contributed by atoms with E-state index < -0.39 is 0 Å². The zero-order valence-electron chi connectivity index (χ0n) is 10.6. The van der Waals surface area contributed by atoms with Gasteiger partial charge in [-0.15, -0.1) is 0 Å². The number of allylic oxidation sites excluding steroid dienone is 2. The highest BCUT2D eigenvalue weighted by atomic mass is 14.3. The summed E-state index contributed by atoms with van der Waals surface area (Å²) in [6.07, 6.45) is 7.47. The van der Waals surface area contributed by atoms with E-state index in [0.29, 0.717) is 5.92 Å². The van der Waals surface area contributed by atoms with Crippen LogP contribution in [0, 0.1) is 11.8 Å². The van der Waals surface area contributed by atoms with Crippen LogP contribution in [0.4, 0.5) is 0 Å². The van der Waals surface area contributed by atoms with Crippen LogP contribution >= 0.6 is 0 Å². The molecule has 0 amide bonds. The van der Waals surface area contributed by atoms with E-state index in [-0.39, 0.29) is 5.41 Å². The molecule has 1 aromatic rings. The summed E-state index contributed by atoms with van der Waals surface area (Å²) < 4.78 is 0. The van der Waals surface area contributed by atoms with Crippen LogP contribution in [0.5, 0.6) is 0 Å². The first-order valence-electron chi connectivity index (χ1n) is 6.34. The molecule has 0 heterocycles. The average Bonchev–Trinajstić information content (AvgIpc) is 2.31. The van der Waals surface area contributed by atoms with Gasteiger partial charge in [0.1, 0.15) is 0 Å². The lowest BCUT2D eigenvalue weighted by Gasteiger charge is -2.36. The smallest absolute Gasteiger partial charge is 0.00408 e. The van der Waals surface area contributed by atoms with Crippen LogP contribution in [0.25, 0.3) is 0 Å². The van der Waals surface area contributed by atoms with Crippen molar-refractivity contribution < 1.29 is 0 Å². The summed E-state index contributed by atoms with van der Waals surface area (Å²) in [7, 11) is 0. The van der Waals surface area contributed by atoms with E-state index in [2.05, 4.69) is 63.3 Å².